The minimum Gasteiger partial charge on any atom is -0.383 e. The molecule has 0 spiro atoms. The number of halogens is 2. The highest BCUT2D eigenvalue weighted by Gasteiger charge is 2.14. The number of methoxy groups -OCH3 is 1. The quantitative estimate of drug-likeness (QED) is 0.799. The number of anilines is 2. The summed E-state index contributed by atoms with van der Waals surface area (Å²) in [6, 6.07) is 4.69. The molecule has 1 amide bonds. The van der Waals surface area contributed by atoms with Crippen LogP contribution in [0.15, 0.2) is 30.6 Å². The molecule has 2 N–H and O–H groups in total. The number of para-hydroxylation sites is 1. The third-order valence-electron chi connectivity index (χ3n) is 2.71. The molecule has 6 nitrogen and oxygen atoms in total. The molecule has 1 aromatic carbocycles. The Bertz CT molecular complexity index is 647. The van der Waals surface area contributed by atoms with Gasteiger partial charge in [0.2, 0.25) is 0 Å². The first-order chi connectivity index (χ1) is 10.6. The lowest BCUT2D eigenvalue weighted by molar-refractivity contribution is 0.102. The molecule has 0 aliphatic heterocycles. The number of rotatable bonds is 6. The second-order valence-electron chi connectivity index (χ2n) is 4.26. The number of carbonyl (C=O) groups excluding carboxylic acids is 1. The highest BCUT2D eigenvalue weighted by Crippen LogP contribution is 2.18. The molecule has 0 aliphatic rings. The van der Waals surface area contributed by atoms with Crippen LogP contribution in [0.2, 0.25) is 0 Å². The van der Waals surface area contributed by atoms with Crippen LogP contribution in [0.5, 0.6) is 0 Å². The van der Waals surface area contributed by atoms with Gasteiger partial charge in [-0.05, 0) is 12.1 Å². The molecule has 1 heterocycles. The molecular weight excluding hydrogens is 294 g/mol. The van der Waals surface area contributed by atoms with Crippen molar-refractivity contribution in [2.45, 2.75) is 0 Å². The first-order valence-corrected chi connectivity index (χ1v) is 6.42. The third-order valence-corrected chi connectivity index (χ3v) is 2.71. The van der Waals surface area contributed by atoms with E-state index in [1.807, 2.05) is 0 Å². The fraction of sp³-hybridized carbons (Fsp3) is 0.214. The van der Waals surface area contributed by atoms with Crippen molar-refractivity contribution in [3.63, 3.8) is 0 Å². The van der Waals surface area contributed by atoms with Gasteiger partial charge < -0.3 is 15.4 Å². The topological polar surface area (TPSA) is 76.1 Å². The number of hydrogen-bond acceptors (Lipinski definition) is 5. The molecule has 0 unspecified atom stereocenters. The molecule has 22 heavy (non-hydrogen) atoms. The van der Waals surface area contributed by atoms with Gasteiger partial charge in [0.15, 0.2) is 0 Å². The van der Waals surface area contributed by atoms with Gasteiger partial charge in [-0.2, -0.15) is 0 Å². The monoisotopic (exact) mass is 308 g/mol. The van der Waals surface area contributed by atoms with Crippen LogP contribution in [0.25, 0.3) is 0 Å². The number of nitrogens with one attached hydrogen (secondary N) is 2. The first-order valence-electron chi connectivity index (χ1n) is 6.42. The zero-order valence-corrected chi connectivity index (χ0v) is 11.8. The van der Waals surface area contributed by atoms with Gasteiger partial charge in [0.25, 0.3) is 5.91 Å². The lowest BCUT2D eigenvalue weighted by Crippen LogP contribution is -2.17. The molecule has 0 aliphatic carbocycles. The number of ether oxygens (including phenoxy) is 1. The molecular formula is C14H14F2N4O2. The Balaban J connectivity index is 2.11. The van der Waals surface area contributed by atoms with Gasteiger partial charge in [0.1, 0.15) is 35.2 Å². The smallest absolute Gasteiger partial charge is 0.274 e. The fourth-order valence-electron chi connectivity index (χ4n) is 1.65. The summed E-state index contributed by atoms with van der Waals surface area (Å²) < 4.78 is 31.9. The van der Waals surface area contributed by atoms with Crippen LogP contribution in [0.3, 0.4) is 0 Å². The van der Waals surface area contributed by atoms with Gasteiger partial charge in [-0.3, -0.25) is 4.79 Å². The van der Waals surface area contributed by atoms with E-state index in [0.717, 1.165) is 12.1 Å². The van der Waals surface area contributed by atoms with E-state index in [-0.39, 0.29) is 5.69 Å². The van der Waals surface area contributed by atoms with Gasteiger partial charge in [-0.25, -0.2) is 18.7 Å². The summed E-state index contributed by atoms with van der Waals surface area (Å²) in [5.74, 6) is -2.05. The lowest BCUT2D eigenvalue weighted by Gasteiger charge is -2.08. The van der Waals surface area contributed by atoms with Gasteiger partial charge >= 0.3 is 0 Å². The number of carbonyl (C=O) groups is 1. The molecule has 2 aromatic rings. The third kappa shape index (κ3) is 3.95. The average molecular weight is 308 g/mol. The van der Waals surface area contributed by atoms with Crippen molar-refractivity contribution < 1.29 is 18.3 Å². The van der Waals surface area contributed by atoms with E-state index in [2.05, 4.69) is 20.6 Å². The normalized spacial score (nSPS) is 10.3. The van der Waals surface area contributed by atoms with Crippen LogP contribution in [-0.2, 0) is 4.74 Å². The van der Waals surface area contributed by atoms with E-state index < -0.39 is 23.2 Å². The zero-order chi connectivity index (χ0) is 15.9. The van der Waals surface area contributed by atoms with Gasteiger partial charge in [-0.15, -0.1) is 0 Å². The van der Waals surface area contributed by atoms with Crippen LogP contribution in [0.1, 0.15) is 10.5 Å². The summed E-state index contributed by atoms with van der Waals surface area (Å²) in [6.45, 7) is 0.961. The number of hydrogen-bond donors (Lipinski definition) is 2. The van der Waals surface area contributed by atoms with E-state index in [1.165, 1.54) is 18.5 Å². The molecule has 1 aromatic heterocycles. The second kappa shape index (κ2) is 7.41. The highest BCUT2D eigenvalue weighted by atomic mass is 19.1. The Hall–Kier alpha value is -2.61. The summed E-state index contributed by atoms with van der Waals surface area (Å²) in [4.78, 5) is 19.7. The Morgan fingerprint density at radius 2 is 2.00 bits per heavy atom. The summed E-state index contributed by atoms with van der Waals surface area (Å²) in [6.07, 6.45) is 1.18. The lowest BCUT2D eigenvalue weighted by atomic mass is 10.2. The fourth-order valence-corrected chi connectivity index (χ4v) is 1.65. The van der Waals surface area contributed by atoms with Crippen molar-refractivity contribution >= 4 is 17.4 Å². The minimum absolute atomic E-state index is 0.0161. The van der Waals surface area contributed by atoms with Gasteiger partial charge in [0, 0.05) is 19.7 Å². The summed E-state index contributed by atoms with van der Waals surface area (Å²) in [5, 5.41) is 5.08. The van der Waals surface area contributed by atoms with Crippen LogP contribution in [0, 0.1) is 11.6 Å². The van der Waals surface area contributed by atoms with Crippen molar-refractivity contribution in [3.05, 3.63) is 47.9 Å². The maximum absolute atomic E-state index is 13.5. The number of aromatic nitrogens is 2. The van der Waals surface area contributed by atoms with Gasteiger partial charge in [-0.1, -0.05) is 6.07 Å². The standard InChI is InChI=1S/C14H14F2N4O2/c1-22-6-5-17-12-7-11(18-8-19-12)14(21)20-13-9(15)3-2-4-10(13)16/h2-4,7-8H,5-6H2,1H3,(H,20,21)(H,17,18,19). The number of amides is 1. The maximum atomic E-state index is 13.5. The summed E-state index contributed by atoms with van der Waals surface area (Å²) in [5.41, 5.74) is -0.530. The van der Waals surface area contributed by atoms with Crippen molar-refractivity contribution in [1.29, 1.82) is 0 Å². The Labute approximate surface area is 125 Å². The molecule has 0 radical (unpaired) electrons. The van der Waals surface area contributed by atoms with Crippen molar-refractivity contribution in [2.75, 3.05) is 30.9 Å². The first kappa shape index (κ1) is 15.8. The molecule has 0 saturated carbocycles. The van der Waals surface area contributed by atoms with Crippen LogP contribution in [0.4, 0.5) is 20.3 Å². The van der Waals surface area contributed by atoms with Crippen LogP contribution in [-0.4, -0.2) is 36.1 Å². The summed E-state index contributed by atoms with van der Waals surface area (Å²) >= 11 is 0. The minimum atomic E-state index is -0.860. The molecule has 116 valence electrons. The predicted octanol–water partition coefficient (Wildman–Crippen LogP) is 2.07. The van der Waals surface area contributed by atoms with E-state index in [4.69, 9.17) is 4.74 Å². The maximum Gasteiger partial charge on any atom is 0.274 e. The molecule has 2 rings (SSSR count). The SMILES string of the molecule is COCCNc1cc(C(=O)Nc2c(F)cccc2F)ncn1. The number of nitrogens with zero attached hydrogens (tertiary/aromatic N) is 2. The predicted molar refractivity (Wildman–Crippen MR) is 76.7 cm³/mol. The van der Waals surface area contributed by atoms with Gasteiger partial charge in [0.05, 0.1) is 6.61 Å². The molecule has 0 saturated heterocycles. The van der Waals surface area contributed by atoms with Crippen molar-refractivity contribution in [1.82, 2.24) is 9.97 Å². The van der Waals surface area contributed by atoms with E-state index in [0.29, 0.717) is 19.0 Å². The zero-order valence-electron chi connectivity index (χ0n) is 11.8. The van der Waals surface area contributed by atoms with Crippen LogP contribution >= 0.6 is 0 Å². The van der Waals surface area contributed by atoms with E-state index >= 15 is 0 Å². The van der Waals surface area contributed by atoms with E-state index in [1.54, 1.807) is 7.11 Å². The molecule has 0 bridgehead atoms. The largest absolute Gasteiger partial charge is 0.383 e. The Morgan fingerprint density at radius 1 is 1.27 bits per heavy atom. The van der Waals surface area contributed by atoms with Crippen molar-refractivity contribution in [2.24, 2.45) is 0 Å². The summed E-state index contributed by atoms with van der Waals surface area (Å²) in [7, 11) is 1.56. The average Bonchev–Trinajstić information content (AvgIpc) is 2.51. The van der Waals surface area contributed by atoms with E-state index in [9.17, 15) is 13.6 Å². The highest BCUT2D eigenvalue weighted by molar-refractivity contribution is 6.03. The Morgan fingerprint density at radius 3 is 2.68 bits per heavy atom. The molecule has 8 heteroatoms. The van der Waals surface area contributed by atoms with Crippen LogP contribution < -0.4 is 10.6 Å². The second-order valence-corrected chi connectivity index (χ2v) is 4.26. The Kier molecular flexibility index (Phi) is 5.31. The molecule has 0 fully saturated rings. The number of benzene rings is 1. The molecule has 0 atom stereocenters. The van der Waals surface area contributed by atoms with Crippen molar-refractivity contribution in [3.8, 4) is 0 Å².